The Hall–Kier alpha value is -1.18. The van der Waals surface area contributed by atoms with E-state index in [2.05, 4.69) is 15.5 Å². The fourth-order valence-electron chi connectivity index (χ4n) is 2.10. The summed E-state index contributed by atoms with van der Waals surface area (Å²) in [5, 5.41) is 13.8. The summed E-state index contributed by atoms with van der Waals surface area (Å²) in [5.41, 5.74) is 0. The van der Waals surface area contributed by atoms with Crippen molar-refractivity contribution in [3.8, 4) is 0 Å². The minimum atomic E-state index is -0.414. The van der Waals surface area contributed by atoms with Gasteiger partial charge in [-0.3, -0.25) is 19.9 Å². The molecule has 3 amide bonds. The lowest BCUT2D eigenvalue weighted by Crippen LogP contribution is -2.51. The highest BCUT2D eigenvalue weighted by atomic mass is 16.3. The number of aliphatic hydroxyl groups excluding tert-OH is 1. The fraction of sp³-hybridized carbons (Fsp3) is 0.846. The van der Waals surface area contributed by atoms with E-state index in [0.29, 0.717) is 13.1 Å². The van der Waals surface area contributed by atoms with Crippen molar-refractivity contribution in [2.75, 3.05) is 52.4 Å². The van der Waals surface area contributed by atoms with Gasteiger partial charge in [-0.15, -0.1) is 0 Å². The van der Waals surface area contributed by atoms with Gasteiger partial charge in [0.15, 0.2) is 0 Å². The predicted octanol–water partition coefficient (Wildman–Crippen LogP) is -0.778. The van der Waals surface area contributed by atoms with Gasteiger partial charge in [0.05, 0.1) is 13.2 Å². The number of unbranched alkanes of at least 4 members (excludes halogenated alkanes) is 1. The highest BCUT2D eigenvalue weighted by Gasteiger charge is 2.19. The largest absolute Gasteiger partial charge is 0.395 e. The van der Waals surface area contributed by atoms with Crippen LogP contribution in [0.3, 0.4) is 0 Å². The van der Waals surface area contributed by atoms with Gasteiger partial charge in [-0.2, -0.15) is 0 Å². The van der Waals surface area contributed by atoms with Crippen LogP contribution in [-0.2, 0) is 4.79 Å². The Kier molecular flexibility index (Phi) is 8.17. The smallest absolute Gasteiger partial charge is 0.321 e. The second-order valence-corrected chi connectivity index (χ2v) is 5.00. The van der Waals surface area contributed by atoms with Crippen LogP contribution < -0.4 is 10.6 Å². The molecule has 0 aromatic rings. The first kappa shape index (κ1) is 16.9. The molecule has 0 radical (unpaired) electrons. The molecule has 1 saturated heterocycles. The first-order valence-corrected chi connectivity index (χ1v) is 7.29. The van der Waals surface area contributed by atoms with E-state index in [1.165, 1.54) is 0 Å². The van der Waals surface area contributed by atoms with E-state index >= 15 is 0 Å². The lowest BCUT2D eigenvalue weighted by Gasteiger charge is -2.33. The number of piperazine rings is 1. The van der Waals surface area contributed by atoms with Gasteiger partial charge in [0.25, 0.3) is 0 Å². The number of hydrogen-bond acceptors (Lipinski definition) is 5. The van der Waals surface area contributed by atoms with Crippen LogP contribution in [0.5, 0.6) is 0 Å². The van der Waals surface area contributed by atoms with E-state index in [0.717, 1.165) is 39.0 Å². The van der Waals surface area contributed by atoms with Crippen LogP contribution in [0.25, 0.3) is 0 Å². The zero-order valence-corrected chi connectivity index (χ0v) is 12.2. The number of amides is 3. The third kappa shape index (κ3) is 6.83. The Morgan fingerprint density at radius 3 is 2.40 bits per heavy atom. The van der Waals surface area contributed by atoms with Gasteiger partial charge in [0.2, 0.25) is 5.91 Å². The summed E-state index contributed by atoms with van der Waals surface area (Å²) in [6, 6.07) is -0.414. The second kappa shape index (κ2) is 9.68. The number of rotatable bonds is 7. The molecule has 116 valence electrons. The van der Waals surface area contributed by atoms with Crippen LogP contribution in [-0.4, -0.2) is 79.3 Å². The molecular weight excluding hydrogens is 260 g/mol. The number of imide groups is 1. The summed E-state index contributed by atoms with van der Waals surface area (Å²) in [7, 11) is 0. The molecule has 20 heavy (non-hydrogen) atoms. The van der Waals surface area contributed by atoms with Crippen molar-refractivity contribution in [3.63, 3.8) is 0 Å². The van der Waals surface area contributed by atoms with E-state index in [9.17, 15) is 9.59 Å². The van der Waals surface area contributed by atoms with Crippen LogP contribution >= 0.6 is 0 Å². The lowest BCUT2D eigenvalue weighted by molar-refractivity contribution is -0.121. The summed E-state index contributed by atoms with van der Waals surface area (Å²) in [5.74, 6) is -0.269. The van der Waals surface area contributed by atoms with Crippen LogP contribution in [0.15, 0.2) is 0 Å². The molecule has 1 aliphatic heterocycles. The average Bonchev–Trinajstić information content (AvgIpc) is 2.41. The molecule has 1 rings (SSSR count). The molecular formula is C13H26N4O3. The Balaban J connectivity index is 2.15. The SMILES string of the molecule is CCCCNC(=O)NC(=O)CN1CCN(CCO)CC1. The zero-order chi connectivity index (χ0) is 14.8. The Morgan fingerprint density at radius 2 is 1.80 bits per heavy atom. The van der Waals surface area contributed by atoms with Crippen molar-refractivity contribution in [3.05, 3.63) is 0 Å². The van der Waals surface area contributed by atoms with E-state index in [-0.39, 0.29) is 19.1 Å². The number of carbonyl (C=O) groups excluding carboxylic acids is 2. The summed E-state index contributed by atoms with van der Waals surface area (Å²) in [6.45, 7) is 6.98. The molecule has 1 heterocycles. The van der Waals surface area contributed by atoms with Crippen molar-refractivity contribution in [1.82, 2.24) is 20.4 Å². The minimum Gasteiger partial charge on any atom is -0.395 e. The van der Waals surface area contributed by atoms with Crippen LogP contribution in [0, 0.1) is 0 Å². The zero-order valence-electron chi connectivity index (χ0n) is 12.2. The number of aliphatic hydroxyl groups is 1. The maximum absolute atomic E-state index is 11.7. The highest BCUT2D eigenvalue weighted by molar-refractivity contribution is 5.95. The molecule has 0 aromatic heterocycles. The maximum atomic E-state index is 11.7. The van der Waals surface area contributed by atoms with E-state index in [1.807, 2.05) is 11.8 Å². The third-order valence-corrected chi connectivity index (χ3v) is 3.32. The molecule has 7 nitrogen and oxygen atoms in total. The van der Waals surface area contributed by atoms with Crippen molar-refractivity contribution in [2.24, 2.45) is 0 Å². The van der Waals surface area contributed by atoms with E-state index in [1.54, 1.807) is 0 Å². The molecule has 1 fully saturated rings. The number of nitrogens with one attached hydrogen (secondary N) is 2. The van der Waals surface area contributed by atoms with Gasteiger partial charge >= 0.3 is 6.03 Å². The second-order valence-electron chi connectivity index (χ2n) is 5.00. The van der Waals surface area contributed by atoms with Crippen molar-refractivity contribution in [2.45, 2.75) is 19.8 Å². The molecule has 0 saturated carbocycles. The summed E-state index contributed by atoms with van der Waals surface area (Å²) in [4.78, 5) is 27.3. The lowest BCUT2D eigenvalue weighted by atomic mass is 10.3. The Morgan fingerprint density at radius 1 is 1.15 bits per heavy atom. The van der Waals surface area contributed by atoms with Crippen LogP contribution in [0.4, 0.5) is 4.79 Å². The van der Waals surface area contributed by atoms with Gasteiger partial charge in [-0.1, -0.05) is 13.3 Å². The van der Waals surface area contributed by atoms with Crippen molar-refractivity contribution in [1.29, 1.82) is 0 Å². The quantitative estimate of drug-likeness (QED) is 0.535. The number of nitrogens with zero attached hydrogens (tertiary/aromatic N) is 2. The molecule has 0 bridgehead atoms. The standard InChI is InChI=1S/C13H26N4O3/c1-2-3-4-14-13(20)15-12(19)11-17-7-5-16(6-8-17)9-10-18/h18H,2-11H2,1H3,(H2,14,15,19,20). The monoisotopic (exact) mass is 286 g/mol. The predicted molar refractivity (Wildman–Crippen MR) is 76.4 cm³/mol. The summed E-state index contributed by atoms with van der Waals surface area (Å²) < 4.78 is 0. The molecule has 0 unspecified atom stereocenters. The van der Waals surface area contributed by atoms with Crippen LogP contribution in [0.1, 0.15) is 19.8 Å². The number of carbonyl (C=O) groups is 2. The topological polar surface area (TPSA) is 84.9 Å². The molecule has 3 N–H and O–H groups in total. The van der Waals surface area contributed by atoms with Gasteiger partial charge in [0, 0.05) is 39.3 Å². The molecule has 0 aliphatic carbocycles. The normalized spacial score (nSPS) is 16.9. The molecule has 0 spiro atoms. The summed E-state index contributed by atoms with van der Waals surface area (Å²) in [6.07, 6.45) is 1.92. The first-order valence-electron chi connectivity index (χ1n) is 7.29. The fourth-order valence-corrected chi connectivity index (χ4v) is 2.10. The Bertz CT molecular complexity index is 304. The van der Waals surface area contributed by atoms with Gasteiger partial charge in [-0.25, -0.2) is 4.79 Å². The first-order chi connectivity index (χ1) is 9.65. The Labute approximate surface area is 120 Å². The van der Waals surface area contributed by atoms with Crippen LogP contribution in [0.2, 0.25) is 0 Å². The van der Waals surface area contributed by atoms with E-state index < -0.39 is 6.03 Å². The minimum absolute atomic E-state index is 0.165. The van der Waals surface area contributed by atoms with Gasteiger partial charge in [0.1, 0.15) is 0 Å². The van der Waals surface area contributed by atoms with E-state index in [4.69, 9.17) is 5.11 Å². The number of β-amino-alcohol motifs (C(OH)–C–C–N with tert-alkyl or cyclic N) is 1. The molecule has 1 aliphatic rings. The van der Waals surface area contributed by atoms with Gasteiger partial charge < -0.3 is 10.4 Å². The van der Waals surface area contributed by atoms with Crippen molar-refractivity contribution < 1.29 is 14.7 Å². The number of urea groups is 1. The molecule has 0 aromatic carbocycles. The molecule has 0 atom stereocenters. The summed E-state index contributed by atoms with van der Waals surface area (Å²) >= 11 is 0. The average molecular weight is 286 g/mol. The highest BCUT2D eigenvalue weighted by Crippen LogP contribution is 2.00. The number of hydrogen-bond donors (Lipinski definition) is 3. The maximum Gasteiger partial charge on any atom is 0.321 e. The molecule has 7 heteroatoms. The van der Waals surface area contributed by atoms with Crippen molar-refractivity contribution >= 4 is 11.9 Å². The van der Waals surface area contributed by atoms with Gasteiger partial charge in [-0.05, 0) is 6.42 Å². The third-order valence-electron chi connectivity index (χ3n) is 3.32.